The number of carboxylic acids is 1. The Hall–Kier alpha value is -1.08. The van der Waals surface area contributed by atoms with E-state index in [4.69, 9.17) is 9.84 Å². The van der Waals surface area contributed by atoms with Crippen LogP contribution in [0.5, 0.6) is 11.5 Å². The van der Waals surface area contributed by atoms with Crippen molar-refractivity contribution >= 4 is 44.5 Å². The molecule has 5 heteroatoms. The van der Waals surface area contributed by atoms with Gasteiger partial charge in [0.15, 0.2) is 0 Å². The molecule has 0 saturated carbocycles. The summed E-state index contributed by atoms with van der Waals surface area (Å²) in [6.07, 6.45) is 0. The molecule has 3 nitrogen and oxygen atoms in total. The van der Waals surface area contributed by atoms with E-state index < -0.39 is 5.97 Å². The second-order valence-electron chi connectivity index (χ2n) is 3.47. The van der Waals surface area contributed by atoms with Gasteiger partial charge >= 0.3 is 5.97 Å². The topological polar surface area (TPSA) is 46.5 Å². The molecule has 2 rings (SSSR count). The third-order valence-electron chi connectivity index (χ3n) is 2.23. The fourth-order valence-electron chi connectivity index (χ4n) is 1.43. The third-order valence-corrected chi connectivity index (χ3v) is 3.61. The predicted octanol–water partition coefficient (Wildman–Crippen LogP) is 4.54. The Kier molecular flexibility index (Phi) is 4.23. The summed E-state index contributed by atoms with van der Waals surface area (Å²) < 4.78 is 7.18. The molecule has 1 N–H and O–H groups in total. The second kappa shape index (κ2) is 5.71. The molecule has 0 aliphatic heterocycles. The van der Waals surface area contributed by atoms with Gasteiger partial charge in [-0.25, -0.2) is 4.79 Å². The molecule has 92 valence electrons. The van der Waals surface area contributed by atoms with Gasteiger partial charge in [-0.05, 0) is 74.9 Å². The number of rotatable bonds is 3. The summed E-state index contributed by atoms with van der Waals surface area (Å²) in [7, 11) is 0. The molecule has 0 atom stereocenters. The molecular formula is C13H8BrIO3. The van der Waals surface area contributed by atoms with E-state index in [2.05, 4.69) is 38.5 Å². The van der Waals surface area contributed by atoms with Crippen LogP contribution < -0.4 is 4.74 Å². The minimum absolute atomic E-state index is 0.121. The highest BCUT2D eigenvalue weighted by Gasteiger charge is 2.15. The van der Waals surface area contributed by atoms with Gasteiger partial charge in [0.25, 0.3) is 0 Å². The van der Waals surface area contributed by atoms with Gasteiger partial charge in [0.1, 0.15) is 17.1 Å². The Balaban J connectivity index is 2.37. The zero-order valence-corrected chi connectivity index (χ0v) is 12.8. The molecule has 0 bridgehead atoms. The third kappa shape index (κ3) is 3.02. The van der Waals surface area contributed by atoms with E-state index in [1.165, 1.54) is 0 Å². The van der Waals surface area contributed by atoms with Gasteiger partial charge in [-0.15, -0.1) is 0 Å². The highest BCUT2D eigenvalue weighted by molar-refractivity contribution is 14.1. The van der Waals surface area contributed by atoms with Crippen LogP contribution in [0.15, 0.2) is 46.9 Å². The molecule has 0 amide bonds. The van der Waals surface area contributed by atoms with Crippen LogP contribution in [0.3, 0.4) is 0 Å². The number of hydrogen-bond acceptors (Lipinski definition) is 2. The number of ether oxygens (including phenoxy) is 1. The molecule has 0 saturated heterocycles. The standard InChI is InChI=1S/C13H8BrIO3/c14-10-2-1-3-11(12(10)13(16)17)18-9-6-4-8(15)5-7-9/h1-7H,(H,16,17). The lowest BCUT2D eigenvalue weighted by Crippen LogP contribution is -2.01. The first kappa shape index (κ1) is 13.4. The van der Waals surface area contributed by atoms with Crippen molar-refractivity contribution in [1.82, 2.24) is 0 Å². The van der Waals surface area contributed by atoms with Crippen molar-refractivity contribution in [2.24, 2.45) is 0 Å². The Bertz CT molecular complexity index is 581. The number of hydrogen-bond donors (Lipinski definition) is 1. The summed E-state index contributed by atoms with van der Waals surface area (Å²) in [6.45, 7) is 0. The monoisotopic (exact) mass is 418 g/mol. The van der Waals surface area contributed by atoms with Crippen LogP contribution in [-0.2, 0) is 0 Å². The van der Waals surface area contributed by atoms with Crippen LogP contribution in [0.2, 0.25) is 0 Å². The summed E-state index contributed by atoms with van der Waals surface area (Å²) in [5.74, 6) is -0.0999. The lowest BCUT2D eigenvalue weighted by Gasteiger charge is -2.09. The molecule has 0 aliphatic carbocycles. The minimum atomic E-state index is -1.03. The van der Waals surface area contributed by atoms with Crippen molar-refractivity contribution < 1.29 is 14.6 Å². The van der Waals surface area contributed by atoms with Crippen LogP contribution in [0.4, 0.5) is 0 Å². The zero-order valence-electron chi connectivity index (χ0n) is 9.06. The lowest BCUT2D eigenvalue weighted by atomic mass is 10.2. The van der Waals surface area contributed by atoms with Gasteiger partial charge in [0.2, 0.25) is 0 Å². The Morgan fingerprint density at radius 3 is 2.44 bits per heavy atom. The molecule has 0 radical (unpaired) electrons. The van der Waals surface area contributed by atoms with Gasteiger partial charge in [-0.3, -0.25) is 0 Å². The van der Waals surface area contributed by atoms with Crippen molar-refractivity contribution in [3.8, 4) is 11.5 Å². The van der Waals surface area contributed by atoms with Crippen LogP contribution in [0, 0.1) is 3.57 Å². The maximum Gasteiger partial charge on any atom is 0.340 e. The van der Waals surface area contributed by atoms with Crippen molar-refractivity contribution in [2.45, 2.75) is 0 Å². The van der Waals surface area contributed by atoms with E-state index in [-0.39, 0.29) is 5.56 Å². The molecule has 0 heterocycles. The van der Waals surface area contributed by atoms with E-state index in [9.17, 15) is 4.79 Å². The van der Waals surface area contributed by atoms with E-state index in [1.807, 2.05) is 12.1 Å². The van der Waals surface area contributed by atoms with Crippen molar-refractivity contribution in [2.75, 3.05) is 0 Å². The summed E-state index contributed by atoms with van der Waals surface area (Å²) in [6, 6.07) is 12.4. The maximum atomic E-state index is 11.2. The predicted molar refractivity (Wildman–Crippen MR) is 80.3 cm³/mol. The van der Waals surface area contributed by atoms with Gasteiger partial charge in [-0.2, -0.15) is 0 Å². The number of benzene rings is 2. The number of halogens is 2. The largest absolute Gasteiger partial charge is 0.478 e. The molecule has 2 aromatic carbocycles. The van der Waals surface area contributed by atoms with Gasteiger partial charge in [0, 0.05) is 8.04 Å². The first-order chi connectivity index (χ1) is 8.58. The highest BCUT2D eigenvalue weighted by atomic mass is 127. The van der Waals surface area contributed by atoms with Crippen LogP contribution >= 0.6 is 38.5 Å². The summed E-state index contributed by atoms with van der Waals surface area (Å²) in [5, 5.41) is 9.16. The maximum absolute atomic E-state index is 11.2. The molecule has 0 aromatic heterocycles. The SMILES string of the molecule is O=C(O)c1c(Br)cccc1Oc1ccc(I)cc1. The van der Waals surface area contributed by atoms with E-state index in [0.29, 0.717) is 16.0 Å². The molecule has 0 unspecified atom stereocenters. The van der Waals surface area contributed by atoms with Crippen molar-refractivity contribution in [3.63, 3.8) is 0 Å². The highest BCUT2D eigenvalue weighted by Crippen LogP contribution is 2.30. The molecule has 2 aromatic rings. The Morgan fingerprint density at radius 1 is 1.17 bits per heavy atom. The minimum Gasteiger partial charge on any atom is -0.478 e. The van der Waals surface area contributed by atoms with Crippen LogP contribution in [-0.4, -0.2) is 11.1 Å². The molecule has 0 fully saturated rings. The van der Waals surface area contributed by atoms with Crippen molar-refractivity contribution in [3.05, 3.63) is 56.1 Å². The summed E-state index contributed by atoms with van der Waals surface area (Å²) in [4.78, 5) is 11.2. The Morgan fingerprint density at radius 2 is 1.83 bits per heavy atom. The van der Waals surface area contributed by atoms with E-state index in [1.54, 1.807) is 30.3 Å². The molecular weight excluding hydrogens is 411 g/mol. The fraction of sp³-hybridized carbons (Fsp3) is 0. The molecule has 0 spiro atoms. The quantitative estimate of drug-likeness (QED) is 0.744. The van der Waals surface area contributed by atoms with Gasteiger partial charge in [0.05, 0.1) is 0 Å². The number of aromatic carboxylic acids is 1. The van der Waals surface area contributed by atoms with Crippen LogP contribution in [0.25, 0.3) is 0 Å². The fourth-order valence-corrected chi connectivity index (χ4v) is 2.30. The molecule has 0 aliphatic rings. The smallest absolute Gasteiger partial charge is 0.340 e. The zero-order chi connectivity index (χ0) is 13.1. The average molecular weight is 419 g/mol. The van der Waals surface area contributed by atoms with Gasteiger partial charge < -0.3 is 9.84 Å². The Labute approximate surface area is 126 Å². The van der Waals surface area contributed by atoms with Crippen LogP contribution in [0.1, 0.15) is 10.4 Å². The van der Waals surface area contributed by atoms with E-state index >= 15 is 0 Å². The van der Waals surface area contributed by atoms with Crippen molar-refractivity contribution in [1.29, 1.82) is 0 Å². The summed E-state index contributed by atoms with van der Waals surface area (Å²) in [5.41, 5.74) is 0.121. The first-order valence-electron chi connectivity index (χ1n) is 5.03. The average Bonchev–Trinajstić information content (AvgIpc) is 2.32. The number of carboxylic acid groups (broad SMARTS) is 1. The lowest BCUT2D eigenvalue weighted by molar-refractivity contribution is 0.0693. The normalized spacial score (nSPS) is 10.1. The second-order valence-corrected chi connectivity index (χ2v) is 5.57. The van der Waals surface area contributed by atoms with Gasteiger partial charge in [-0.1, -0.05) is 6.07 Å². The first-order valence-corrected chi connectivity index (χ1v) is 6.90. The summed E-state index contributed by atoms with van der Waals surface area (Å²) >= 11 is 5.40. The molecule has 18 heavy (non-hydrogen) atoms. The van der Waals surface area contributed by atoms with E-state index in [0.717, 1.165) is 3.57 Å². The number of carbonyl (C=O) groups is 1.